The van der Waals surface area contributed by atoms with E-state index in [0.717, 1.165) is 21.9 Å². The monoisotopic (exact) mass is 372 g/mol. The fourth-order valence-corrected chi connectivity index (χ4v) is 3.30. The quantitative estimate of drug-likeness (QED) is 0.452. The zero-order valence-electron chi connectivity index (χ0n) is 13.7. The van der Waals surface area contributed by atoms with E-state index < -0.39 is 0 Å². The van der Waals surface area contributed by atoms with Gasteiger partial charge in [0.15, 0.2) is 0 Å². The predicted molar refractivity (Wildman–Crippen MR) is 102 cm³/mol. The standard InChI is InChI=1S/C18H17ClN4OS/c1-2-24-17-10-6-4-7-14(17)11-21-23-13-20-22-18(23)25-12-15-8-3-5-9-16(15)19/h3-11,13H,2,12H2,1H3/b21-11-. The smallest absolute Gasteiger partial charge is 0.212 e. The Morgan fingerprint density at radius 3 is 2.84 bits per heavy atom. The molecule has 0 aliphatic carbocycles. The lowest BCUT2D eigenvalue weighted by Crippen LogP contribution is -1.97. The van der Waals surface area contributed by atoms with E-state index in [9.17, 15) is 0 Å². The Hall–Kier alpha value is -2.31. The minimum Gasteiger partial charge on any atom is -0.493 e. The van der Waals surface area contributed by atoms with Crippen molar-refractivity contribution in [3.63, 3.8) is 0 Å². The van der Waals surface area contributed by atoms with Gasteiger partial charge < -0.3 is 4.74 Å². The van der Waals surface area contributed by atoms with Gasteiger partial charge >= 0.3 is 0 Å². The molecule has 1 heterocycles. The van der Waals surface area contributed by atoms with Gasteiger partial charge in [-0.3, -0.25) is 0 Å². The molecule has 5 nitrogen and oxygen atoms in total. The Balaban J connectivity index is 1.73. The Kier molecular flexibility index (Phi) is 6.09. The fraction of sp³-hybridized carbons (Fsp3) is 0.167. The van der Waals surface area contributed by atoms with Gasteiger partial charge in [0.1, 0.15) is 12.1 Å². The van der Waals surface area contributed by atoms with Crippen LogP contribution in [0.2, 0.25) is 5.02 Å². The summed E-state index contributed by atoms with van der Waals surface area (Å²) in [5.74, 6) is 1.50. The second-order valence-corrected chi connectivity index (χ2v) is 6.40. The van der Waals surface area contributed by atoms with Crippen LogP contribution < -0.4 is 4.74 Å². The summed E-state index contributed by atoms with van der Waals surface area (Å²) in [6, 6.07) is 15.5. The molecular formula is C18H17ClN4OS. The fourth-order valence-electron chi connectivity index (χ4n) is 2.15. The number of halogens is 1. The highest BCUT2D eigenvalue weighted by molar-refractivity contribution is 7.98. The molecule has 0 saturated heterocycles. The summed E-state index contributed by atoms with van der Waals surface area (Å²) >= 11 is 7.72. The Bertz CT molecular complexity index is 866. The maximum Gasteiger partial charge on any atom is 0.212 e. The van der Waals surface area contributed by atoms with Crippen molar-refractivity contribution in [2.75, 3.05) is 6.61 Å². The van der Waals surface area contributed by atoms with Crippen LogP contribution >= 0.6 is 23.4 Å². The topological polar surface area (TPSA) is 52.3 Å². The van der Waals surface area contributed by atoms with Gasteiger partial charge in [0.05, 0.1) is 12.8 Å². The summed E-state index contributed by atoms with van der Waals surface area (Å²) in [7, 11) is 0. The van der Waals surface area contributed by atoms with Crippen LogP contribution in [0.1, 0.15) is 18.1 Å². The van der Waals surface area contributed by atoms with E-state index in [2.05, 4.69) is 15.3 Å². The molecule has 3 aromatic rings. The van der Waals surface area contributed by atoms with E-state index in [1.165, 1.54) is 11.8 Å². The average molecular weight is 373 g/mol. The van der Waals surface area contributed by atoms with Crippen LogP contribution in [0.3, 0.4) is 0 Å². The van der Waals surface area contributed by atoms with E-state index in [1.54, 1.807) is 17.2 Å². The third-order valence-corrected chi connectivity index (χ3v) is 4.71. The van der Waals surface area contributed by atoms with E-state index >= 15 is 0 Å². The SMILES string of the molecule is CCOc1ccccc1/C=N\n1cnnc1SCc1ccccc1Cl. The van der Waals surface area contributed by atoms with E-state index in [1.807, 2.05) is 55.5 Å². The first kappa shape index (κ1) is 17.5. The third kappa shape index (κ3) is 4.61. The van der Waals surface area contributed by atoms with Crippen molar-refractivity contribution in [2.24, 2.45) is 5.10 Å². The molecule has 2 aromatic carbocycles. The second kappa shape index (κ2) is 8.69. The minimum absolute atomic E-state index is 0.608. The summed E-state index contributed by atoms with van der Waals surface area (Å²) in [6.45, 7) is 2.56. The maximum atomic E-state index is 6.19. The summed E-state index contributed by atoms with van der Waals surface area (Å²) in [6.07, 6.45) is 3.32. The first-order chi connectivity index (χ1) is 12.3. The van der Waals surface area contributed by atoms with E-state index in [4.69, 9.17) is 16.3 Å². The number of benzene rings is 2. The normalized spacial score (nSPS) is 11.1. The van der Waals surface area contributed by atoms with Crippen LogP contribution in [0.15, 0.2) is 65.1 Å². The largest absolute Gasteiger partial charge is 0.493 e. The van der Waals surface area contributed by atoms with Crippen molar-refractivity contribution in [1.29, 1.82) is 0 Å². The van der Waals surface area contributed by atoms with Gasteiger partial charge in [0.25, 0.3) is 0 Å². The van der Waals surface area contributed by atoms with Crippen LogP contribution in [0, 0.1) is 0 Å². The van der Waals surface area contributed by atoms with Crippen LogP contribution in [-0.4, -0.2) is 27.7 Å². The summed E-state index contributed by atoms with van der Waals surface area (Å²) in [5, 5.41) is 14.0. The van der Waals surface area contributed by atoms with Crippen LogP contribution in [0.25, 0.3) is 0 Å². The molecule has 0 fully saturated rings. The molecule has 0 unspecified atom stereocenters. The summed E-state index contributed by atoms with van der Waals surface area (Å²) in [4.78, 5) is 0. The lowest BCUT2D eigenvalue weighted by Gasteiger charge is -2.06. The maximum absolute atomic E-state index is 6.19. The van der Waals surface area contributed by atoms with Crippen molar-refractivity contribution < 1.29 is 4.74 Å². The molecule has 0 amide bonds. The predicted octanol–water partition coefficient (Wildman–Crippen LogP) is 4.50. The molecule has 0 radical (unpaired) electrons. The van der Waals surface area contributed by atoms with Gasteiger partial charge in [0.2, 0.25) is 5.16 Å². The molecule has 0 aliphatic heterocycles. The summed E-state index contributed by atoms with van der Waals surface area (Å²) in [5.41, 5.74) is 1.95. The molecule has 0 saturated carbocycles. The first-order valence-corrected chi connectivity index (χ1v) is 9.16. The van der Waals surface area contributed by atoms with Gasteiger partial charge in [0, 0.05) is 16.3 Å². The van der Waals surface area contributed by atoms with Crippen LogP contribution in [0.4, 0.5) is 0 Å². The van der Waals surface area contributed by atoms with Gasteiger partial charge in [-0.1, -0.05) is 53.7 Å². The zero-order valence-corrected chi connectivity index (χ0v) is 15.2. The van der Waals surface area contributed by atoms with Crippen molar-refractivity contribution in [3.05, 3.63) is 71.0 Å². The molecule has 128 valence electrons. The first-order valence-electron chi connectivity index (χ1n) is 7.80. The molecule has 3 rings (SSSR count). The molecule has 25 heavy (non-hydrogen) atoms. The van der Waals surface area contributed by atoms with Gasteiger partial charge in [-0.05, 0) is 30.7 Å². The van der Waals surface area contributed by atoms with Crippen molar-refractivity contribution >= 4 is 29.6 Å². The number of nitrogens with zero attached hydrogens (tertiary/aromatic N) is 4. The molecule has 0 N–H and O–H groups in total. The molecule has 7 heteroatoms. The van der Waals surface area contributed by atoms with E-state index in [0.29, 0.717) is 17.5 Å². The number of thioether (sulfide) groups is 1. The lowest BCUT2D eigenvalue weighted by molar-refractivity contribution is 0.340. The van der Waals surface area contributed by atoms with Crippen molar-refractivity contribution in [2.45, 2.75) is 17.8 Å². The molecule has 0 aliphatic rings. The average Bonchev–Trinajstić information content (AvgIpc) is 3.08. The number of ether oxygens (including phenoxy) is 1. The van der Waals surface area contributed by atoms with Crippen LogP contribution in [-0.2, 0) is 5.75 Å². The molecule has 0 spiro atoms. The minimum atomic E-state index is 0.608. The highest BCUT2D eigenvalue weighted by atomic mass is 35.5. The molecule has 0 atom stereocenters. The summed E-state index contributed by atoms with van der Waals surface area (Å²) < 4.78 is 7.25. The number of rotatable bonds is 7. The number of hydrogen-bond donors (Lipinski definition) is 0. The Morgan fingerprint density at radius 1 is 1.20 bits per heavy atom. The third-order valence-electron chi connectivity index (χ3n) is 3.35. The van der Waals surface area contributed by atoms with Crippen molar-refractivity contribution in [1.82, 2.24) is 14.9 Å². The van der Waals surface area contributed by atoms with E-state index in [-0.39, 0.29) is 0 Å². The second-order valence-electron chi connectivity index (χ2n) is 5.05. The lowest BCUT2D eigenvalue weighted by atomic mass is 10.2. The number of hydrogen-bond acceptors (Lipinski definition) is 5. The van der Waals surface area contributed by atoms with Crippen LogP contribution in [0.5, 0.6) is 5.75 Å². The van der Waals surface area contributed by atoms with Gasteiger partial charge in [-0.2, -0.15) is 9.78 Å². The molecule has 0 bridgehead atoms. The van der Waals surface area contributed by atoms with Gasteiger partial charge in [-0.25, -0.2) is 0 Å². The highest BCUT2D eigenvalue weighted by Crippen LogP contribution is 2.25. The highest BCUT2D eigenvalue weighted by Gasteiger charge is 2.07. The molecule has 1 aromatic heterocycles. The van der Waals surface area contributed by atoms with Crippen molar-refractivity contribution in [3.8, 4) is 5.75 Å². The van der Waals surface area contributed by atoms with Gasteiger partial charge in [-0.15, -0.1) is 10.2 Å². The number of para-hydroxylation sites is 1. The molecular weight excluding hydrogens is 356 g/mol. The number of aromatic nitrogens is 3. The zero-order chi connectivity index (χ0) is 17.5. The Labute approximate surface area is 155 Å². The Morgan fingerprint density at radius 2 is 2.00 bits per heavy atom.